The van der Waals surface area contributed by atoms with Crippen molar-refractivity contribution in [3.8, 4) is 16.9 Å². The monoisotopic (exact) mass is 356 g/mol. The highest BCUT2D eigenvalue weighted by Gasteiger charge is 2.24. The van der Waals surface area contributed by atoms with E-state index >= 15 is 0 Å². The van der Waals surface area contributed by atoms with E-state index in [1.807, 2.05) is 0 Å². The Bertz CT molecular complexity index is 939. The first-order valence-electron chi connectivity index (χ1n) is 7.94. The normalized spacial score (nSPS) is 12.0. The summed E-state index contributed by atoms with van der Waals surface area (Å²) in [6.45, 7) is 1.63. The topological polar surface area (TPSA) is 85.5 Å². The van der Waals surface area contributed by atoms with E-state index in [1.54, 1.807) is 43.3 Å². The maximum atomic E-state index is 14.4. The van der Waals surface area contributed by atoms with Crippen molar-refractivity contribution in [1.82, 2.24) is 10.2 Å². The van der Waals surface area contributed by atoms with E-state index in [4.69, 9.17) is 9.15 Å². The van der Waals surface area contributed by atoms with Gasteiger partial charge in [-0.05, 0) is 23.3 Å². The summed E-state index contributed by atoms with van der Waals surface area (Å²) in [6, 6.07) is 11.5. The molecule has 3 rings (SSSR count). The van der Waals surface area contributed by atoms with Crippen molar-refractivity contribution >= 4 is 5.97 Å². The molecule has 0 fully saturated rings. The number of carbonyl (C=O) groups is 1. The second-order valence-corrected chi connectivity index (χ2v) is 5.75. The third-order valence-corrected chi connectivity index (χ3v) is 3.99. The largest absolute Gasteiger partial charge is 0.496 e. The minimum atomic E-state index is -1.00. The fraction of sp³-hybridized carbons (Fsp3) is 0.211. The van der Waals surface area contributed by atoms with Gasteiger partial charge >= 0.3 is 5.97 Å². The number of aliphatic carboxylic acids is 1. The van der Waals surface area contributed by atoms with Gasteiger partial charge in [0.1, 0.15) is 11.6 Å². The molecule has 0 aliphatic heterocycles. The molecule has 7 heteroatoms. The first kappa shape index (κ1) is 17.6. The molecule has 2 aromatic carbocycles. The molecule has 0 aliphatic rings. The van der Waals surface area contributed by atoms with Crippen molar-refractivity contribution in [1.29, 1.82) is 0 Å². The van der Waals surface area contributed by atoms with Gasteiger partial charge in [0.15, 0.2) is 0 Å². The van der Waals surface area contributed by atoms with Gasteiger partial charge in [0, 0.05) is 6.92 Å². The molecule has 0 spiro atoms. The van der Waals surface area contributed by atoms with Gasteiger partial charge in [0.25, 0.3) is 0 Å². The Hall–Kier alpha value is -3.22. The van der Waals surface area contributed by atoms with Gasteiger partial charge in [-0.3, -0.25) is 4.79 Å². The summed E-state index contributed by atoms with van der Waals surface area (Å²) in [4.78, 5) is 11.3. The Morgan fingerprint density at radius 1 is 1.27 bits per heavy atom. The Labute approximate surface area is 149 Å². The van der Waals surface area contributed by atoms with E-state index in [9.17, 15) is 14.3 Å². The van der Waals surface area contributed by atoms with E-state index in [1.165, 1.54) is 13.2 Å². The molecular formula is C19H17FN2O4. The van der Waals surface area contributed by atoms with Gasteiger partial charge in [-0.1, -0.05) is 30.3 Å². The standard InChI is InChI=1S/C19H17FN2O4/c1-11-21-22-19(26-11)14(10-17(23)24)12-5-3-6-13(9-12)18-15(20)7-4-8-16(18)25-2/h3-9,14H,10H2,1-2H3,(H,23,24). The second kappa shape index (κ2) is 7.35. The highest BCUT2D eigenvalue weighted by atomic mass is 19.1. The van der Waals surface area contributed by atoms with Crippen LogP contribution in [0.25, 0.3) is 11.1 Å². The lowest BCUT2D eigenvalue weighted by atomic mass is 9.92. The number of nitrogens with zero attached hydrogens (tertiary/aromatic N) is 2. The van der Waals surface area contributed by atoms with Crippen LogP contribution in [0.3, 0.4) is 0 Å². The van der Waals surface area contributed by atoms with E-state index < -0.39 is 17.7 Å². The minimum absolute atomic E-state index is 0.211. The molecule has 0 bridgehead atoms. The smallest absolute Gasteiger partial charge is 0.304 e. The first-order chi connectivity index (χ1) is 12.5. The summed E-state index contributed by atoms with van der Waals surface area (Å²) in [7, 11) is 1.47. The predicted molar refractivity (Wildman–Crippen MR) is 91.5 cm³/mol. The maximum absolute atomic E-state index is 14.4. The van der Waals surface area contributed by atoms with Crippen LogP contribution in [-0.4, -0.2) is 28.4 Å². The number of aryl methyl sites for hydroxylation is 1. The van der Waals surface area contributed by atoms with Crippen molar-refractivity contribution in [2.24, 2.45) is 0 Å². The molecule has 1 heterocycles. The number of carboxylic acids is 1. The number of carboxylic acid groups (broad SMARTS) is 1. The molecule has 6 nitrogen and oxygen atoms in total. The van der Waals surface area contributed by atoms with Crippen LogP contribution in [-0.2, 0) is 4.79 Å². The molecule has 1 unspecified atom stereocenters. The van der Waals surface area contributed by atoms with Crippen molar-refractivity contribution < 1.29 is 23.4 Å². The Morgan fingerprint density at radius 2 is 2.04 bits per heavy atom. The van der Waals surface area contributed by atoms with E-state index in [0.29, 0.717) is 28.3 Å². The summed E-state index contributed by atoms with van der Waals surface area (Å²) >= 11 is 0. The van der Waals surface area contributed by atoms with Gasteiger partial charge in [-0.25, -0.2) is 4.39 Å². The molecule has 0 aliphatic carbocycles. The first-order valence-corrected chi connectivity index (χ1v) is 7.94. The average molecular weight is 356 g/mol. The zero-order valence-electron chi connectivity index (χ0n) is 14.3. The predicted octanol–water partition coefficient (Wildman–Crippen LogP) is 3.80. The third kappa shape index (κ3) is 3.56. The van der Waals surface area contributed by atoms with Crippen LogP contribution >= 0.6 is 0 Å². The van der Waals surface area contributed by atoms with Crippen LogP contribution < -0.4 is 4.74 Å². The lowest BCUT2D eigenvalue weighted by Gasteiger charge is -2.14. The zero-order chi connectivity index (χ0) is 18.7. The summed E-state index contributed by atoms with van der Waals surface area (Å²) in [5.41, 5.74) is 1.52. The van der Waals surface area contributed by atoms with Gasteiger partial charge in [-0.15, -0.1) is 10.2 Å². The van der Waals surface area contributed by atoms with Gasteiger partial charge in [0.05, 0.1) is 25.0 Å². The quantitative estimate of drug-likeness (QED) is 0.723. The molecule has 3 aromatic rings. The molecule has 0 amide bonds. The fourth-order valence-corrected chi connectivity index (χ4v) is 2.84. The molecule has 134 valence electrons. The second-order valence-electron chi connectivity index (χ2n) is 5.75. The molecule has 0 radical (unpaired) electrons. The summed E-state index contributed by atoms with van der Waals surface area (Å²) < 4.78 is 25.1. The number of methoxy groups -OCH3 is 1. The van der Waals surface area contributed by atoms with Crippen LogP contribution in [0.4, 0.5) is 4.39 Å². The van der Waals surface area contributed by atoms with Crippen molar-refractivity contribution in [2.45, 2.75) is 19.3 Å². The van der Waals surface area contributed by atoms with E-state index in [0.717, 1.165) is 0 Å². The molecule has 0 saturated heterocycles. The van der Waals surface area contributed by atoms with Crippen LogP contribution in [0.15, 0.2) is 46.9 Å². The maximum Gasteiger partial charge on any atom is 0.304 e. The molecule has 1 atom stereocenters. The van der Waals surface area contributed by atoms with E-state index in [-0.39, 0.29) is 12.3 Å². The van der Waals surface area contributed by atoms with Gasteiger partial charge in [0.2, 0.25) is 11.8 Å². The number of hydrogen-bond donors (Lipinski definition) is 1. The van der Waals surface area contributed by atoms with Crippen molar-refractivity contribution in [3.05, 3.63) is 65.6 Å². The lowest BCUT2D eigenvalue weighted by Crippen LogP contribution is -2.08. The van der Waals surface area contributed by atoms with E-state index in [2.05, 4.69) is 10.2 Å². The third-order valence-electron chi connectivity index (χ3n) is 3.99. The van der Waals surface area contributed by atoms with Crippen LogP contribution in [0.5, 0.6) is 5.75 Å². The Balaban J connectivity index is 2.09. The summed E-state index contributed by atoms with van der Waals surface area (Å²) in [6.07, 6.45) is -0.223. The SMILES string of the molecule is COc1cccc(F)c1-c1cccc(C(CC(=O)O)c2nnc(C)o2)c1. The zero-order valence-corrected chi connectivity index (χ0v) is 14.3. The number of benzene rings is 2. The number of hydrogen-bond acceptors (Lipinski definition) is 5. The molecule has 26 heavy (non-hydrogen) atoms. The summed E-state index contributed by atoms with van der Waals surface area (Å²) in [5.74, 6) is -1.11. The van der Waals surface area contributed by atoms with Crippen LogP contribution in [0.1, 0.15) is 29.7 Å². The number of halogens is 1. The van der Waals surface area contributed by atoms with Crippen molar-refractivity contribution in [2.75, 3.05) is 7.11 Å². The Kier molecular flexibility index (Phi) is 4.97. The van der Waals surface area contributed by atoms with Gasteiger partial charge < -0.3 is 14.3 Å². The number of rotatable bonds is 6. The number of aromatic nitrogens is 2. The van der Waals surface area contributed by atoms with Crippen molar-refractivity contribution in [3.63, 3.8) is 0 Å². The van der Waals surface area contributed by atoms with Gasteiger partial charge in [-0.2, -0.15) is 0 Å². The number of ether oxygens (including phenoxy) is 1. The van der Waals surface area contributed by atoms with Crippen LogP contribution in [0, 0.1) is 12.7 Å². The molecule has 1 aromatic heterocycles. The minimum Gasteiger partial charge on any atom is -0.496 e. The highest BCUT2D eigenvalue weighted by Crippen LogP contribution is 2.35. The molecular weight excluding hydrogens is 339 g/mol. The highest BCUT2D eigenvalue weighted by molar-refractivity contribution is 5.73. The Morgan fingerprint density at radius 3 is 2.69 bits per heavy atom. The summed E-state index contributed by atoms with van der Waals surface area (Å²) in [5, 5.41) is 17.0. The van der Waals surface area contributed by atoms with Crippen LogP contribution in [0.2, 0.25) is 0 Å². The molecule has 0 saturated carbocycles. The lowest BCUT2D eigenvalue weighted by molar-refractivity contribution is -0.137. The fourth-order valence-electron chi connectivity index (χ4n) is 2.84. The average Bonchev–Trinajstić information content (AvgIpc) is 3.05. The molecule has 1 N–H and O–H groups in total.